The molecule has 2 heterocycles. The van der Waals surface area contributed by atoms with Gasteiger partial charge in [0.15, 0.2) is 5.43 Å². The van der Waals surface area contributed by atoms with Crippen LogP contribution in [0.25, 0.3) is 11.0 Å². The summed E-state index contributed by atoms with van der Waals surface area (Å²) in [7, 11) is 1.56. The molecule has 31 heavy (non-hydrogen) atoms. The van der Waals surface area contributed by atoms with Crippen molar-refractivity contribution < 1.29 is 18.3 Å². The predicted molar refractivity (Wildman–Crippen MR) is 114 cm³/mol. The van der Waals surface area contributed by atoms with Crippen molar-refractivity contribution >= 4 is 16.9 Å². The number of methoxy groups -OCH3 is 1. The standard InChI is InChI=1S/C25H18FNO4/c1-30-18-6-4-5-16(13-18)22-21-23(28)19-7-2-3-8-20(19)31-24(21)25(29)27(22)14-15-9-11-17(26)12-10-15/h2-13,22H,14H2,1H3/t22-/m1/s1. The van der Waals surface area contributed by atoms with Crippen molar-refractivity contribution in [1.82, 2.24) is 4.90 Å². The van der Waals surface area contributed by atoms with Gasteiger partial charge in [-0.25, -0.2) is 4.39 Å². The van der Waals surface area contributed by atoms with E-state index in [1.165, 1.54) is 12.1 Å². The van der Waals surface area contributed by atoms with Crippen molar-refractivity contribution in [3.63, 3.8) is 0 Å². The molecule has 5 nitrogen and oxygen atoms in total. The number of amides is 1. The Balaban J connectivity index is 1.71. The molecule has 1 amide bonds. The van der Waals surface area contributed by atoms with Gasteiger partial charge in [0.25, 0.3) is 5.91 Å². The normalized spacial score (nSPS) is 15.4. The fourth-order valence-corrected chi connectivity index (χ4v) is 4.07. The second-order valence-corrected chi connectivity index (χ2v) is 7.41. The van der Waals surface area contributed by atoms with Crippen LogP contribution in [0.3, 0.4) is 0 Å². The Kier molecular flexibility index (Phi) is 4.55. The molecule has 0 bridgehead atoms. The smallest absolute Gasteiger partial charge is 0.291 e. The number of ether oxygens (including phenoxy) is 1. The second kappa shape index (κ2) is 7.40. The first-order chi connectivity index (χ1) is 15.1. The van der Waals surface area contributed by atoms with Gasteiger partial charge < -0.3 is 14.1 Å². The summed E-state index contributed by atoms with van der Waals surface area (Å²) >= 11 is 0. The van der Waals surface area contributed by atoms with Gasteiger partial charge in [0, 0.05) is 6.54 Å². The van der Waals surface area contributed by atoms with Gasteiger partial charge in [-0.1, -0.05) is 36.4 Å². The molecule has 0 radical (unpaired) electrons. The fourth-order valence-electron chi connectivity index (χ4n) is 4.07. The van der Waals surface area contributed by atoms with Crippen molar-refractivity contribution in [2.45, 2.75) is 12.6 Å². The van der Waals surface area contributed by atoms with E-state index in [0.29, 0.717) is 22.3 Å². The maximum atomic E-state index is 13.4. The largest absolute Gasteiger partial charge is 0.497 e. The molecule has 0 N–H and O–H groups in total. The molecule has 3 aromatic carbocycles. The third-order valence-electron chi connectivity index (χ3n) is 5.55. The summed E-state index contributed by atoms with van der Waals surface area (Å²) in [6, 6.07) is 19.5. The Bertz CT molecular complexity index is 1360. The van der Waals surface area contributed by atoms with Gasteiger partial charge >= 0.3 is 0 Å². The summed E-state index contributed by atoms with van der Waals surface area (Å²) in [5, 5.41) is 0.422. The number of hydrogen-bond acceptors (Lipinski definition) is 4. The first-order valence-corrected chi connectivity index (χ1v) is 9.82. The summed E-state index contributed by atoms with van der Waals surface area (Å²) in [6.45, 7) is 0.195. The molecular weight excluding hydrogens is 397 g/mol. The van der Waals surface area contributed by atoms with E-state index in [0.717, 1.165) is 11.1 Å². The lowest BCUT2D eigenvalue weighted by Crippen LogP contribution is -2.29. The molecule has 154 valence electrons. The molecule has 1 aliphatic rings. The predicted octanol–water partition coefficient (Wildman–Crippen LogP) is 4.69. The van der Waals surface area contributed by atoms with Gasteiger partial charge in [0.1, 0.15) is 17.1 Å². The van der Waals surface area contributed by atoms with E-state index in [4.69, 9.17) is 9.15 Å². The van der Waals surface area contributed by atoms with Gasteiger partial charge in [-0.3, -0.25) is 9.59 Å². The van der Waals surface area contributed by atoms with E-state index < -0.39 is 6.04 Å². The van der Waals surface area contributed by atoms with Gasteiger partial charge in [-0.05, 0) is 47.5 Å². The number of halogens is 1. The maximum Gasteiger partial charge on any atom is 0.291 e. The Morgan fingerprint density at radius 1 is 1.00 bits per heavy atom. The second-order valence-electron chi connectivity index (χ2n) is 7.41. The van der Waals surface area contributed by atoms with Crippen LogP contribution < -0.4 is 10.2 Å². The lowest BCUT2D eigenvalue weighted by atomic mass is 9.98. The van der Waals surface area contributed by atoms with Crippen molar-refractivity contribution in [3.05, 3.63) is 111 Å². The van der Waals surface area contributed by atoms with Crippen LogP contribution in [-0.4, -0.2) is 17.9 Å². The highest BCUT2D eigenvalue weighted by Crippen LogP contribution is 2.39. The first-order valence-electron chi connectivity index (χ1n) is 9.82. The van der Waals surface area contributed by atoms with E-state index >= 15 is 0 Å². The minimum atomic E-state index is -0.650. The number of hydrogen-bond donors (Lipinski definition) is 0. The maximum absolute atomic E-state index is 13.4. The topological polar surface area (TPSA) is 59.8 Å². The van der Waals surface area contributed by atoms with E-state index in [1.807, 2.05) is 12.1 Å². The summed E-state index contributed by atoms with van der Waals surface area (Å²) in [4.78, 5) is 28.4. The lowest BCUT2D eigenvalue weighted by molar-refractivity contribution is 0.0714. The molecule has 4 aromatic rings. The van der Waals surface area contributed by atoms with Gasteiger partial charge in [0.05, 0.1) is 24.1 Å². The highest BCUT2D eigenvalue weighted by atomic mass is 19.1. The molecule has 0 spiro atoms. The van der Waals surface area contributed by atoms with Crippen LogP contribution in [0.1, 0.15) is 33.3 Å². The molecular formula is C25H18FNO4. The number of rotatable bonds is 4. The van der Waals surface area contributed by atoms with E-state index in [-0.39, 0.29) is 29.5 Å². The molecule has 0 unspecified atom stereocenters. The van der Waals surface area contributed by atoms with Crippen LogP contribution in [0.15, 0.2) is 82.0 Å². The molecule has 0 saturated carbocycles. The molecule has 1 aromatic heterocycles. The SMILES string of the molecule is COc1cccc([C@@H]2c3c(oc4ccccc4c3=O)C(=O)N2Cc2ccc(F)cc2)c1. The number of nitrogens with zero attached hydrogens (tertiary/aromatic N) is 1. The van der Waals surface area contributed by atoms with Crippen LogP contribution in [0.2, 0.25) is 0 Å². The average Bonchev–Trinajstić information content (AvgIpc) is 3.07. The zero-order valence-corrected chi connectivity index (χ0v) is 16.7. The molecule has 5 rings (SSSR count). The van der Waals surface area contributed by atoms with Crippen LogP contribution in [0.4, 0.5) is 4.39 Å². The highest BCUT2D eigenvalue weighted by Gasteiger charge is 2.42. The van der Waals surface area contributed by atoms with Crippen molar-refractivity contribution in [1.29, 1.82) is 0 Å². The van der Waals surface area contributed by atoms with Crippen LogP contribution in [0, 0.1) is 5.82 Å². The summed E-state index contributed by atoms with van der Waals surface area (Å²) in [5.41, 5.74) is 1.91. The lowest BCUT2D eigenvalue weighted by Gasteiger charge is -2.25. The molecule has 0 saturated heterocycles. The number of carbonyl (C=O) groups is 1. The number of para-hydroxylation sites is 1. The van der Waals surface area contributed by atoms with Crippen molar-refractivity contribution in [2.75, 3.05) is 7.11 Å². The molecule has 6 heteroatoms. The monoisotopic (exact) mass is 415 g/mol. The summed E-state index contributed by atoms with van der Waals surface area (Å²) in [5.74, 6) is -0.0776. The Morgan fingerprint density at radius 3 is 2.55 bits per heavy atom. The fraction of sp³-hybridized carbons (Fsp3) is 0.120. The first kappa shape index (κ1) is 19.1. The Labute approximate surface area is 177 Å². The number of carbonyl (C=O) groups excluding carboxylic acids is 1. The molecule has 0 aliphatic carbocycles. The zero-order chi connectivity index (χ0) is 21.5. The minimum absolute atomic E-state index is 0.0404. The van der Waals surface area contributed by atoms with Gasteiger partial charge in [-0.2, -0.15) is 0 Å². The molecule has 0 fully saturated rings. The van der Waals surface area contributed by atoms with Crippen LogP contribution in [0.5, 0.6) is 5.75 Å². The van der Waals surface area contributed by atoms with Gasteiger partial charge in [0.2, 0.25) is 5.76 Å². The van der Waals surface area contributed by atoms with Crippen molar-refractivity contribution in [3.8, 4) is 5.75 Å². The Hall–Kier alpha value is -3.93. The summed E-state index contributed by atoms with van der Waals surface area (Å²) < 4.78 is 24.6. The summed E-state index contributed by atoms with van der Waals surface area (Å²) in [6.07, 6.45) is 0. The third kappa shape index (κ3) is 3.17. The number of benzene rings is 3. The van der Waals surface area contributed by atoms with E-state index in [2.05, 4.69) is 0 Å². The molecule has 1 aliphatic heterocycles. The van der Waals surface area contributed by atoms with E-state index in [9.17, 15) is 14.0 Å². The van der Waals surface area contributed by atoms with E-state index in [1.54, 1.807) is 60.5 Å². The van der Waals surface area contributed by atoms with Crippen LogP contribution >= 0.6 is 0 Å². The number of fused-ring (bicyclic) bond motifs is 2. The van der Waals surface area contributed by atoms with Crippen molar-refractivity contribution in [2.24, 2.45) is 0 Å². The van der Waals surface area contributed by atoms with Crippen LogP contribution in [-0.2, 0) is 6.54 Å². The highest BCUT2D eigenvalue weighted by molar-refractivity contribution is 5.99. The average molecular weight is 415 g/mol. The Morgan fingerprint density at radius 2 is 1.77 bits per heavy atom. The molecule has 1 atom stereocenters. The minimum Gasteiger partial charge on any atom is -0.497 e. The quantitative estimate of drug-likeness (QED) is 0.485. The van der Waals surface area contributed by atoms with Gasteiger partial charge in [-0.15, -0.1) is 0 Å². The zero-order valence-electron chi connectivity index (χ0n) is 16.7. The third-order valence-corrected chi connectivity index (χ3v) is 5.55.